The van der Waals surface area contributed by atoms with Crippen molar-refractivity contribution in [2.45, 2.75) is 32.8 Å². The number of fused-ring (bicyclic) bond motifs is 3. The number of hydrogen-bond acceptors (Lipinski definition) is 4. The van der Waals surface area contributed by atoms with Crippen LogP contribution in [0.5, 0.6) is 11.5 Å². The maximum Gasteiger partial charge on any atom is 0.356 e. The second-order valence-electron chi connectivity index (χ2n) is 5.62. The monoisotopic (exact) mass is 380 g/mol. The average molecular weight is 381 g/mol. The van der Waals surface area contributed by atoms with Gasteiger partial charge >= 0.3 is 5.97 Å². The lowest BCUT2D eigenvalue weighted by molar-refractivity contribution is 0.0689. The summed E-state index contributed by atoms with van der Waals surface area (Å²) in [6.07, 6.45) is 1.35. The Labute approximate surface area is 142 Å². The van der Waals surface area contributed by atoms with Gasteiger partial charge in [-0.25, -0.2) is 9.78 Å². The molecule has 1 aromatic heterocycles. The first-order valence-electron chi connectivity index (χ1n) is 7.30. The van der Waals surface area contributed by atoms with E-state index in [0.29, 0.717) is 28.3 Å². The van der Waals surface area contributed by atoms with Gasteiger partial charge < -0.3 is 14.6 Å². The third-order valence-electron chi connectivity index (χ3n) is 3.73. The second kappa shape index (κ2) is 5.88. The van der Waals surface area contributed by atoms with Crippen LogP contribution in [0.2, 0.25) is 0 Å². The van der Waals surface area contributed by atoms with Crippen LogP contribution in [0.25, 0.3) is 5.69 Å². The highest BCUT2D eigenvalue weighted by Crippen LogP contribution is 2.38. The molecular formula is C16H17BrN2O4. The summed E-state index contributed by atoms with van der Waals surface area (Å²) in [5, 5.41) is 9.32. The first-order valence-corrected chi connectivity index (χ1v) is 8.10. The predicted octanol–water partition coefficient (Wildman–Crippen LogP) is 3.23. The second-order valence-corrected chi connectivity index (χ2v) is 6.32. The number of benzene rings is 1. The van der Waals surface area contributed by atoms with Gasteiger partial charge in [-0.15, -0.1) is 0 Å². The molecule has 23 heavy (non-hydrogen) atoms. The van der Waals surface area contributed by atoms with Gasteiger partial charge in [-0.05, 0) is 54.2 Å². The molecule has 0 atom stereocenters. The highest BCUT2D eigenvalue weighted by molar-refractivity contribution is 9.10. The van der Waals surface area contributed by atoms with Crippen molar-refractivity contribution in [1.29, 1.82) is 0 Å². The molecule has 0 bridgehead atoms. The largest absolute Gasteiger partial charge is 0.493 e. The summed E-state index contributed by atoms with van der Waals surface area (Å²) in [5.41, 5.74) is 2.72. The fourth-order valence-electron chi connectivity index (χ4n) is 2.83. The minimum Gasteiger partial charge on any atom is -0.493 e. The van der Waals surface area contributed by atoms with Crippen LogP contribution >= 0.6 is 15.9 Å². The van der Waals surface area contributed by atoms with Crippen LogP contribution in [0.1, 0.15) is 35.6 Å². The van der Waals surface area contributed by atoms with Crippen molar-refractivity contribution in [3.05, 3.63) is 33.8 Å². The summed E-state index contributed by atoms with van der Waals surface area (Å²) in [6.45, 7) is 3.89. The molecule has 122 valence electrons. The van der Waals surface area contributed by atoms with Crippen molar-refractivity contribution in [1.82, 2.24) is 9.55 Å². The molecule has 6 nitrogen and oxygen atoms in total. The van der Waals surface area contributed by atoms with Gasteiger partial charge in [0.25, 0.3) is 0 Å². The first-order chi connectivity index (χ1) is 10.9. The first kappa shape index (κ1) is 15.9. The number of methoxy groups -OCH3 is 1. The number of aryl methyl sites for hydroxylation is 1. The van der Waals surface area contributed by atoms with E-state index in [-0.39, 0.29) is 11.8 Å². The van der Waals surface area contributed by atoms with Gasteiger partial charge in [-0.1, -0.05) is 0 Å². The van der Waals surface area contributed by atoms with E-state index in [0.717, 1.165) is 17.7 Å². The van der Waals surface area contributed by atoms with E-state index in [1.807, 2.05) is 30.5 Å². The standard InChI is InChI=1S/C16H17BrN2O4/c1-8(2)23-13-7-11-9(6-12(13)22-3)4-5-10-14(15(20)21)18-16(17)19(10)11/h6-8H,4-5H2,1-3H3,(H,20,21). The summed E-state index contributed by atoms with van der Waals surface area (Å²) in [6, 6.07) is 3.83. The average Bonchev–Trinajstić information content (AvgIpc) is 2.83. The summed E-state index contributed by atoms with van der Waals surface area (Å²) in [7, 11) is 1.61. The lowest BCUT2D eigenvalue weighted by Crippen LogP contribution is -2.16. The Balaban J connectivity index is 2.20. The summed E-state index contributed by atoms with van der Waals surface area (Å²) < 4.78 is 13.5. The zero-order valence-electron chi connectivity index (χ0n) is 13.1. The predicted molar refractivity (Wildman–Crippen MR) is 87.9 cm³/mol. The quantitative estimate of drug-likeness (QED) is 0.881. The zero-order chi connectivity index (χ0) is 16.7. The Kier molecular flexibility index (Phi) is 4.06. The van der Waals surface area contributed by atoms with Gasteiger partial charge in [-0.2, -0.15) is 0 Å². The molecule has 0 saturated heterocycles. The number of carboxylic acids is 1. The molecule has 1 N–H and O–H groups in total. The Morgan fingerprint density at radius 1 is 1.35 bits per heavy atom. The van der Waals surface area contributed by atoms with Crippen molar-refractivity contribution < 1.29 is 19.4 Å². The van der Waals surface area contributed by atoms with Crippen LogP contribution in [0.15, 0.2) is 16.9 Å². The molecule has 1 aromatic carbocycles. The molecule has 0 fully saturated rings. The van der Waals surface area contributed by atoms with Gasteiger partial charge in [0, 0.05) is 6.07 Å². The van der Waals surface area contributed by atoms with Crippen LogP contribution in [-0.2, 0) is 12.8 Å². The Morgan fingerprint density at radius 2 is 2.09 bits per heavy atom. The highest BCUT2D eigenvalue weighted by Gasteiger charge is 2.28. The van der Waals surface area contributed by atoms with Gasteiger partial charge in [0.2, 0.25) is 0 Å². The van der Waals surface area contributed by atoms with Crippen LogP contribution in [0, 0.1) is 0 Å². The number of carboxylic acid groups (broad SMARTS) is 1. The number of aromatic nitrogens is 2. The highest BCUT2D eigenvalue weighted by atomic mass is 79.9. The van der Waals surface area contributed by atoms with Gasteiger partial charge in [-0.3, -0.25) is 4.57 Å². The third kappa shape index (κ3) is 2.69. The van der Waals surface area contributed by atoms with Crippen LogP contribution in [-0.4, -0.2) is 33.8 Å². The minimum absolute atomic E-state index is 0.00539. The Bertz CT molecular complexity index is 783. The van der Waals surface area contributed by atoms with E-state index >= 15 is 0 Å². The number of imidazole rings is 1. The summed E-state index contributed by atoms with van der Waals surface area (Å²) in [4.78, 5) is 15.5. The van der Waals surface area contributed by atoms with Crippen molar-refractivity contribution in [2.75, 3.05) is 7.11 Å². The maximum atomic E-state index is 11.4. The van der Waals surface area contributed by atoms with Gasteiger partial charge in [0.1, 0.15) is 0 Å². The van der Waals surface area contributed by atoms with Crippen molar-refractivity contribution in [3.63, 3.8) is 0 Å². The minimum atomic E-state index is -1.02. The SMILES string of the molecule is COc1cc2c(cc1OC(C)C)-n1c(Br)nc(C(=O)O)c1CC2. The van der Waals surface area contributed by atoms with Gasteiger partial charge in [0.05, 0.1) is 24.6 Å². The van der Waals surface area contributed by atoms with Crippen LogP contribution in [0.4, 0.5) is 0 Å². The summed E-state index contributed by atoms with van der Waals surface area (Å²) >= 11 is 3.37. The van der Waals surface area contributed by atoms with Crippen molar-refractivity contribution in [3.8, 4) is 17.2 Å². The van der Waals surface area contributed by atoms with E-state index in [1.165, 1.54) is 0 Å². The van der Waals surface area contributed by atoms with E-state index in [9.17, 15) is 9.90 Å². The molecule has 1 aliphatic rings. The zero-order valence-corrected chi connectivity index (χ0v) is 14.7. The topological polar surface area (TPSA) is 73.6 Å². The molecule has 0 unspecified atom stereocenters. The molecule has 2 heterocycles. The number of nitrogens with zero attached hydrogens (tertiary/aromatic N) is 2. The number of halogens is 1. The lowest BCUT2D eigenvalue weighted by atomic mass is 10.00. The molecule has 0 amide bonds. The molecule has 1 aliphatic heterocycles. The molecule has 0 radical (unpaired) electrons. The van der Waals surface area contributed by atoms with E-state index in [1.54, 1.807) is 7.11 Å². The van der Waals surface area contributed by atoms with Crippen LogP contribution < -0.4 is 9.47 Å². The number of ether oxygens (including phenoxy) is 2. The van der Waals surface area contributed by atoms with Gasteiger partial charge in [0.15, 0.2) is 21.9 Å². The number of rotatable bonds is 4. The number of hydrogen-bond donors (Lipinski definition) is 1. The molecule has 0 spiro atoms. The normalized spacial score (nSPS) is 12.7. The van der Waals surface area contributed by atoms with E-state index in [2.05, 4.69) is 20.9 Å². The smallest absolute Gasteiger partial charge is 0.356 e. The molecule has 0 saturated carbocycles. The number of aromatic carboxylic acids is 1. The Hall–Kier alpha value is -2.02. The molecule has 3 rings (SSSR count). The van der Waals surface area contributed by atoms with E-state index in [4.69, 9.17) is 9.47 Å². The van der Waals surface area contributed by atoms with E-state index < -0.39 is 5.97 Å². The lowest BCUT2D eigenvalue weighted by Gasteiger charge is -2.23. The Morgan fingerprint density at radius 3 is 2.70 bits per heavy atom. The molecule has 7 heteroatoms. The number of carbonyl (C=O) groups is 1. The van der Waals surface area contributed by atoms with Crippen molar-refractivity contribution in [2.24, 2.45) is 0 Å². The summed E-state index contributed by atoms with van der Waals surface area (Å²) in [5.74, 6) is 0.289. The molecule has 2 aromatic rings. The van der Waals surface area contributed by atoms with Crippen molar-refractivity contribution >= 4 is 21.9 Å². The molecule has 0 aliphatic carbocycles. The molecular weight excluding hydrogens is 364 g/mol. The maximum absolute atomic E-state index is 11.4. The fourth-order valence-corrected chi connectivity index (χ4v) is 3.41. The van der Waals surface area contributed by atoms with Crippen LogP contribution in [0.3, 0.4) is 0 Å². The fraction of sp³-hybridized carbons (Fsp3) is 0.375. The third-order valence-corrected chi connectivity index (χ3v) is 4.27.